The topological polar surface area (TPSA) is 108 Å². The molecule has 0 radical (unpaired) electrons. The largest absolute Gasteiger partial charge is 0.756 e. The minimum atomic E-state index is -4.56. The van der Waals surface area contributed by atoms with Crippen LogP contribution in [0.15, 0.2) is 24.3 Å². The smallest absolute Gasteiger partial charge is 0.268 e. The second kappa shape index (κ2) is 41.3. The lowest BCUT2D eigenvalue weighted by Gasteiger charge is -2.30. The molecular weight excluding hydrogens is 744 g/mol. The number of hydrogen-bond acceptors (Lipinski definition) is 6. The van der Waals surface area contributed by atoms with Crippen LogP contribution in [0.2, 0.25) is 0 Å². The van der Waals surface area contributed by atoms with Crippen LogP contribution in [-0.4, -0.2) is 68.5 Å². The summed E-state index contributed by atoms with van der Waals surface area (Å²) in [6, 6.07) is -0.797. The standard InChI is InChI=1S/C49H97N2O6P/c1-6-8-10-12-14-16-18-20-22-23-24-25-26-27-29-31-33-35-37-39-41-43-49(53)50-47(46-57-58(54,55)56-45-44-51(3,4)5)48(52)42-40-38-36-34-32-30-28-21-19-17-15-13-11-9-7-2/h8,10,14,16,47-48,52H,6-7,9,11-13,15,17-46H2,1-5H3,(H-,50,53,54,55)/b10-8-,16-14-. The summed E-state index contributed by atoms with van der Waals surface area (Å²) in [5, 5.41) is 14.0. The van der Waals surface area contributed by atoms with Crippen molar-refractivity contribution in [3.63, 3.8) is 0 Å². The Hall–Kier alpha value is -1.02. The zero-order chi connectivity index (χ0) is 42.8. The number of nitrogens with one attached hydrogen (secondary N) is 1. The lowest BCUT2D eigenvalue weighted by molar-refractivity contribution is -0.870. The number of quaternary nitrogens is 1. The van der Waals surface area contributed by atoms with Crippen molar-refractivity contribution in [3.8, 4) is 0 Å². The monoisotopic (exact) mass is 841 g/mol. The van der Waals surface area contributed by atoms with Gasteiger partial charge in [0, 0.05) is 6.42 Å². The molecule has 2 N–H and O–H groups in total. The number of aliphatic hydroxyl groups excluding tert-OH is 1. The van der Waals surface area contributed by atoms with Gasteiger partial charge in [-0.25, -0.2) is 0 Å². The quantitative estimate of drug-likeness (QED) is 0.0274. The summed E-state index contributed by atoms with van der Waals surface area (Å²) >= 11 is 0. The summed E-state index contributed by atoms with van der Waals surface area (Å²) in [6.45, 7) is 4.64. The molecule has 0 spiro atoms. The van der Waals surface area contributed by atoms with Gasteiger partial charge in [-0.3, -0.25) is 9.36 Å². The van der Waals surface area contributed by atoms with Crippen molar-refractivity contribution in [1.82, 2.24) is 5.32 Å². The number of rotatable bonds is 45. The highest BCUT2D eigenvalue weighted by atomic mass is 31.2. The van der Waals surface area contributed by atoms with E-state index in [9.17, 15) is 19.4 Å². The van der Waals surface area contributed by atoms with Gasteiger partial charge in [0.15, 0.2) is 0 Å². The van der Waals surface area contributed by atoms with Crippen LogP contribution in [0.5, 0.6) is 0 Å². The third kappa shape index (κ3) is 43.1. The summed E-state index contributed by atoms with van der Waals surface area (Å²) in [6.07, 6.45) is 49.0. The van der Waals surface area contributed by atoms with Crippen LogP contribution < -0.4 is 10.2 Å². The molecule has 0 saturated heterocycles. The SMILES string of the molecule is CC/C=C\C/C=C\CCCCCCCCCCCCCCCCC(=O)NC(COP(=O)([O-])OCC[N+](C)(C)C)C(O)CCCCCCCCCCCCCCCCC. The van der Waals surface area contributed by atoms with Crippen molar-refractivity contribution in [2.45, 2.75) is 244 Å². The Balaban J connectivity index is 4.23. The molecule has 0 aromatic rings. The highest BCUT2D eigenvalue weighted by Crippen LogP contribution is 2.38. The number of allylic oxidation sites excluding steroid dienone is 4. The molecule has 0 heterocycles. The first kappa shape index (κ1) is 57.0. The van der Waals surface area contributed by atoms with E-state index in [0.717, 1.165) is 51.4 Å². The number of carbonyl (C=O) groups excluding carboxylic acids is 1. The molecule has 8 nitrogen and oxygen atoms in total. The van der Waals surface area contributed by atoms with Gasteiger partial charge in [0.2, 0.25) is 5.91 Å². The average Bonchev–Trinajstić information content (AvgIpc) is 3.17. The molecule has 1 amide bonds. The number of amides is 1. The first-order valence-corrected chi connectivity index (χ1v) is 26.1. The minimum Gasteiger partial charge on any atom is -0.756 e. The van der Waals surface area contributed by atoms with Crippen LogP contribution >= 0.6 is 7.82 Å². The molecule has 0 aliphatic rings. The third-order valence-electron chi connectivity index (χ3n) is 11.2. The Kier molecular flexibility index (Phi) is 40.6. The van der Waals surface area contributed by atoms with Crippen molar-refractivity contribution in [2.24, 2.45) is 0 Å². The van der Waals surface area contributed by atoms with Gasteiger partial charge in [0.1, 0.15) is 13.2 Å². The fraction of sp³-hybridized carbons (Fsp3) is 0.898. The third-order valence-corrected chi connectivity index (χ3v) is 12.2. The number of carbonyl (C=O) groups is 1. The van der Waals surface area contributed by atoms with Gasteiger partial charge in [-0.1, -0.05) is 212 Å². The van der Waals surface area contributed by atoms with E-state index >= 15 is 0 Å². The van der Waals surface area contributed by atoms with E-state index in [-0.39, 0.29) is 19.1 Å². The normalized spacial score (nSPS) is 14.4. The van der Waals surface area contributed by atoms with Gasteiger partial charge < -0.3 is 28.8 Å². The Labute approximate surface area is 360 Å². The molecule has 0 rings (SSSR count). The Morgan fingerprint density at radius 2 is 1.05 bits per heavy atom. The predicted molar refractivity (Wildman–Crippen MR) is 247 cm³/mol. The van der Waals surface area contributed by atoms with Gasteiger partial charge in [-0.2, -0.15) is 0 Å². The number of hydrogen-bond donors (Lipinski definition) is 2. The summed E-state index contributed by atoms with van der Waals surface area (Å²) in [5.41, 5.74) is 0. The molecule has 0 aromatic heterocycles. The highest BCUT2D eigenvalue weighted by molar-refractivity contribution is 7.45. The Bertz CT molecular complexity index is 1000. The van der Waals surface area contributed by atoms with E-state index in [4.69, 9.17) is 9.05 Å². The van der Waals surface area contributed by atoms with E-state index in [1.807, 2.05) is 21.1 Å². The molecule has 0 aliphatic carbocycles. The van der Waals surface area contributed by atoms with E-state index in [0.29, 0.717) is 23.9 Å². The van der Waals surface area contributed by atoms with Crippen LogP contribution in [0, 0.1) is 0 Å². The first-order valence-electron chi connectivity index (χ1n) is 24.7. The number of aliphatic hydroxyl groups is 1. The maximum Gasteiger partial charge on any atom is 0.268 e. The van der Waals surface area contributed by atoms with Crippen molar-refractivity contribution in [2.75, 3.05) is 40.9 Å². The molecule has 9 heteroatoms. The molecule has 0 saturated carbocycles. The van der Waals surface area contributed by atoms with Gasteiger partial charge in [-0.15, -0.1) is 0 Å². The van der Waals surface area contributed by atoms with Crippen molar-refractivity contribution < 1.29 is 32.9 Å². The molecule has 3 atom stereocenters. The van der Waals surface area contributed by atoms with Crippen LogP contribution in [0.1, 0.15) is 232 Å². The molecular formula is C49H97N2O6P. The molecule has 0 fully saturated rings. The fourth-order valence-electron chi connectivity index (χ4n) is 7.31. The van der Waals surface area contributed by atoms with Crippen LogP contribution in [-0.2, 0) is 18.4 Å². The first-order chi connectivity index (χ1) is 28.0. The van der Waals surface area contributed by atoms with Crippen LogP contribution in [0.4, 0.5) is 0 Å². The maximum absolute atomic E-state index is 12.9. The average molecular weight is 841 g/mol. The lowest BCUT2D eigenvalue weighted by atomic mass is 10.0. The lowest BCUT2D eigenvalue weighted by Crippen LogP contribution is -2.46. The Morgan fingerprint density at radius 1 is 0.621 bits per heavy atom. The summed E-state index contributed by atoms with van der Waals surface area (Å²) in [4.78, 5) is 25.4. The van der Waals surface area contributed by atoms with Gasteiger partial charge in [0.05, 0.1) is 39.9 Å². The summed E-state index contributed by atoms with van der Waals surface area (Å²) < 4.78 is 23.3. The van der Waals surface area contributed by atoms with Crippen molar-refractivity contribution in [3.05, 3.63) is 24.3 Å². The van der Waals surface area contributed by atoms with Gasteiger partial charge in [0.25, 0.3) is 7.82 Å². The van der Waals surface area contributed by atoms with Gasteiger partial charge >= 0.3 is 0 Å². The maximum atomic E-state index is 12.9. The molecule has 0 bridgehead atoms. The zero-order valence-electron chi connectivity index (χ0n) is 39.0. The predicted octanol–water partition coefficient (Wildman–Crippen LogP) is 13.5. The fourth-order valence-corrected chi connectivity index (χ4v) is 8.04. The summed E-state index contributed by atoms with van der Waals surface area (Å²) in [7, 11) is 1.31. The Morgan fingerprint density at radius 3 is 1.52 bits per heavy atom. The van der Waals surface area contributed by atoms with Crippen molar-refractivity contribution in [1.29, 1.82) is 0 Å². The van der Waals surface area contributed by atoms with Crippen LogP contribution in [0.25, 0.3) is 0 Å². The van der Waals surface area contributed by atoms with E-state index in [2.05, 4.69) is 43.5 Å². The number of nitrogens with zero attached hydrogens (tertiary/aromatic N) is 1. The molecule has 0 aliphatic heterocycles. The van der Waals surface area contributed by atoms with Gasteiger partial charge in [-0.05, 0) is 38.5 Å². The number of unbranched alkanes of at least 4 members (excludes halogenated alkanes) is 28. The zero-order valence-corrected chi connectivity index (χ0v) is 39.9. The van der Waals surface area contributed by atoms with E-state index in [1.165, 1.54) is 154 Å². The summed E-state index contributed by atoms with van der Waals surface area (Å²) in [5.74, 6) is -0.164. The van der Waals surface area contributed by atoms with Crippen molar-refractivity contribution >= 4 is 13.7 Å². The number of likely N-dealkylation sites (N-methyl/N-ethyl adjacent to an activating group) is 1. The van der Waals surface area contributed by atoms with Crippen LogP contribution in [0.3, 0.4) is 0 Å². The van der Waals surface area contributed by atoms with E-state index < -0.39 is 20.0 Å². The molecule has 344 valence electrons. The second-order valence-electron chi connectivity index (χ2n) is 18.1. The highest BCUT2D eigenvalue weighted by Gasteiger charge is 2.24. The minimum absolute atomic E-state index is 0.0136. The number of phosphoric acid groups is 1. The second-order valence-corrected chi connectivity index (χ2v) is 19.6. The molecule has 58 heavy (non-hydrogen) atoms. The number of phosphoric ester groups is 1. The molecule has 3 unspecified atom stereocenters. The molecule has 0 aromatic carbocycles. The van der Waals surface area contributed by atoms with E-state index in [1.54, 1.807) is 0 Å².